The van der Waals surface area contributed by atoms with Gasteiger partial charge in [-0.1, -0.05) is 54.6 Å². The lowest BCUT2D eigenvalue weighted by atomic mass is 9.86. The molecule has 0 spiro atoms. The van der Waals surface area contributed by atoms with Crippen LogP contribution in [0.1, 0.15) is 51.7 Å². The van der Waals surface area contributed by atoms with Crippen molar-refractivity contribution in [2.24, 2.45) is 0 Å². The number of pyridine rings is 2. The first-order valence-electron chi connectivity index (χ1n) is 16.5. The number of rotatable bonds is 14. The largest absolute Gasteiger partial charge is 0.506 e. The van der Waals surface area contributed by atoms with Crippen LogP contribution in [-0.4, -0.2) is 73.4 Å². The predicted octanol–water partition coefficient (Wildman–Crippen LogP) is 2.23. The molecule has 0 aliphatic heterocycles. The van der Waals surface area contributed by atoms with Crippen molar-refractivity contribution >= 4 is 28.7 Å². The first kappa shape index (κ1) is 35.7. The number of hydrogen-bond donors (Lipinski definition) is 8. The Bertz CT molecular complexity index is 2140. The van der Waals surface area contributed by atoms with Crippen molar-refractivity contribution in [1.82, 2.24) is 25.9 Å². The van der Waals surface area contributed by atoms with Gasteiger partial charge in [0, 0.05) is 48.4 Å². The minimum Gasteiger partial charge on any atom is -0.506 e. The number of aliphatic carboxylic acids is 1. The van der Waals surface area contributed by atoms with Gasteiger partial charge in [-0.15, -0.1) is 0 Å². The van der Waals surface area contributed by atoms with Crippen LogP contribution >= 0.6 is 0 Å². The molecule has 268 valence electrons. The number of ether oxygens (including phenoxy) is 1. The number of nitrogens with one attached hydrogen (secondary N) is 4. The SMILES string of the molecule is O=C(COc1cccc([C@](O)(C(=O)O)c2ccccc2)c1)NC1CC(NC(=O)c2ccc(CNC[C@H](O)c3ccc(O)c4[nH]c(=O)ccc34)cn2)C1. The van der Waals surface area contributed by atoms with Crippen LogP contribution in [-0.2, 0) is 21.7 Å². The molecule has 14 heteroatoms. The monoisotopic (exact) mass is 707 g/mol. The Hall–Kier alpha value is -6.09. The maximum atomic E-state index is 12.8. The topological polar surface area (TPSA) is 223 Å². The lowest BCUT2D eigenvalue weighted by Crippen LogP contribution is -2.54. The number of carboxylic acid groups (broad SMARTS) is 1. The Morgan fingerprint density at radius 2 is 1.67 bits per heavy atom. The van der Waals surface area contributed by atoms with E-state index in [4.69, 9.17) is 4.74 Å². The number of amides is 2. The number of hydrogen-bond acceptors (Lipinski definition) is 10. The van der Waals surface area contributed by atoms with Crippen molar-refractivity contribution < 1.29 is 39.5 Å². The van der Waals surface area contributed by atoms with Gasteiger partial charge in [-0.25, -0.2) is 4.79 Å². The molecule has 2 atom stereocenters. The van der Waals surface area contributed by atoms with Gasteiger partial charge in [0.2, 0.25) is 11.2 Å². The zero-order chi connectivity index (χ0) is 36.8. The molecular formula is C38H37N5O9. The van der Waals surface area contributed by atoms with Crippen LogP contribution in [0.3, 0.4) is 0 Å². The number of benzene rings is 3. The van der Waals surface area contributed by atoms with Gasteiger partial charge in [0.15, 0.2) is 6.61 Å². The number of aliphatic hydroxyl groups is 2. The van der Waals surface area contributed by atoms with E-state index < -0.39 is 17.7 Å². The maximum Gasteiger partial charge on any atom is 0.345 e. The molecule has 5 aromatic rings. The number of H-pyrrole nitrogens is 1. The molecule has 2 heterocycles. The third-order valence-electron chi connectivity index (χ3n) is 8.95. The number of carboxylic acids is 1. The Kier molecular flexibility index (Phi) is 10.6. The number of carbonyl (C=O) groups is 3. The molecule has 1 fully saturated rings. The number of fused-ring (bicyclic) bond motifs is 1. The normalized spacial score (nSPS) is 17.0. The first-order chi connectivity index (χ1) is 25.0. The zero-order valence-corrected chi connectivity index (χ0v) is 27.8. The van der Waals surface area contributed by atoms with Crippen molar-refractivity contribution in [1.29, 1.82) is 0 Å². The smallest absolute Gasteiger partial charge is 0.345 e. The Morgan fingerprint density at radius 3 is 2.40 bits per heavy atom. The van der Waals surface area contributed by atoms with Crippen LogP contribution in [0.25, 0.3) is 10.9 Å². The average molecular weight is 708 g/mol. The number of aliphatic hydroxyl groups excluding tert-OH is 1. The van der Waals surface area contributed by atoms with E-state index in [0.29, 0.717) is 30.3 Å². The lowest BCUT2D eigenvalue weighted by molar-refractivity contribution is -0.155. The summed E-state index contributed by atoms with van der Waals surface area (Å²) in [4.78, 5) is 55.9. The second kappa shape index (κ2) is 15.4. The summed E-state index contributed by atoms with van der Waals surface area (Å²) in [5.74, 6) is -2.04. The molecule has 0 saturated heterocycles. The molecule has 1 aliphatic carbocycles. The minimum atomic E-state index is -2.30. The fraction of sp³-hybridized carbons (Fsp3) is 0.237. The number of phenolic OH excluding ortho intramolecular Hbond substituents is 1. The van der Waals surface area contributed by atoms with Crippen LogP contribution in [0, 0.1) is 0 Å². The highest BCUT2D eigenvalue weighted by Crippen LogP contribution is 2.32. The third-order valence-corrected chi connectivity index (χ3v) is 8.95. The van der Waals surface area contributed by atoms with Crippen molar-refractivity contribution in [2.45, 2.75) is 43.2 Å². The van der Waals surface area contributed by atoms with Gasteiger partial charge < -0.3 is 46.1 Å². The van der Waals surface area contributed by atoms with E-state index in [-0.39, 0.29) is 76.4 Å². The van der Waals surface area contributed by atoms with E-state index in [1.165, 1.54) is 42.5 Å². The van der Waals surface area contributed by atoms with E-state index in [0.717, 1.165) is 5.56 Å². The molecule has 2 amide bonds. The fourth-order valence-corrected chi connectivity index (χ4v) is 6.11. The van der Waals surface area contributed by atoms with Gasteiger partial charge >= 0.3 is 5.97 Å². The van der Waals surface area contributed by atoms with E-state index in [9.17, 15) is 39.6 Å². The number of aromatic amines is 1. The van der Waals surface area contributed by atoms with Gasteiger partial charge in [-0.3, -0.25) is 19.4 Å². The predicted molar refractivity (Wildman–Crippen MR) is 189 cm³/mol. The zero-order valence-electron chi connectivity index (χ0n) is 27.8. The first-order valence-corrected chi connectivity index (χ1v) is 16.5. The summed E-state index contributed by atoms with van der Waals surface area (Å²) in [5, 5.41) is 51.2. The Labute approximate surface area is 297 Å². The van der Waals surface area contributed by atoms with E-state index >= 15 is 0 Å². The molecule has 0 unspecified atom stereocenters. The van der Waals surface area contributed by atoms with E-state index in [2.05, 4.69) is 25.9 Å². The van der Waals surface area contributed by atoms with Crippen LogP contribution in [0.4, 0.5) is 0 Å². The standard InChI is InChI=1S/C38H37N5O9/c44-31-13-10-28(29-11-14-33(46)43-35(29)31)32(45)20-39-18-22-9-12-30(40-19-22)36(48)42-26-16-25(17-26)41-34(47)21-52-27-8-4-7-24(15-27)38(51,37(49)50)23-5-2-1-3-6-23/h1-15,19,25-26,32,39,44-45,51H,16-18,20-21H2,(H,41,47)(H,42,48)(H,43,46)(H,49,50)/t25?,26?,32-,38-/m0/s1. The molecule has 8 N–H and O–H groups in total. The number of carbonyl (C=O) groups excluding carboxylic acids is 2. The number of aromatic nitrogens is 2. The molecule has 3 aromatic carbocycles. The minimum absolute atomic E-state index is 0.0827. The van der Waals surface area contributed by atoms with Gasteiger partial charge in [-0.2, -0.15) is 0 Å². The third kappa shape index (κ3) is 7.94. The lowest BCUT2D eigenvalue weighted by Gasteiger charge is -2.36. The van der Waals surface area contributed by atoms with E-state index in [1.807, 2.05) is 0 Å². The van der Waals surface area contributed by atoms with Gasteiger partial charge in [0.25, 0.3) is 11.8 Å². The van der Waals surface area contributed by atoms with Crippen LogP contribution in [0.2, 0.25) is 0 Å². The summed E-state index contributed by atoms with van der Waals surface area (Å²) in [6.07, 6.45) is 1.69. The average Bonchev–Trinajstić information content (AvgIpc) is 3.13. The van der Waals surface area contributed by atoms with Gasteiger partial charge in [0.05, 0.1) is 11.6 Å². The van der Waals surface area contributed by atoms with Gasteiger partial charge in [-0.05, 0) is 59.9 Å². The van der Waals surface area contributed by atoms with Crippen LogP contribution in [0.5, 0.6) is 11.5 Å². The summed E-state index contributed by atoms with van der Waals surface area (Å²) in [7, 11) is 0. The maximum absolute atomic E-state index is 12.8. The highest BCUT2D eigenvalue weighted by molar-refractivity contribution is 5.92. The Morgan fingerprint density at radius 1 is 0.923 bits per heavy atom. The van der Waals surface area contributed by atoms with Crippen molar-refractivity contribution in [2.75, 3.05) is 13.2 Å². The molecule has 2 aromatic heterocycles. The summed E-state index contributed by atoms with van der Waals surface area (Å²) < 4.78 is 5.60. The second-order valence-electron chi connectivity index (χ2n) is 12.6. The molecule has 0 radical (unpaired) electrons. The molecule has 1 aliphatic rings. The molecule has 0 bridgehead atoms. The summed E-state index contributed by atoms with van der Waals surface area (Å²) in [6.45, 7) is 0.232. The quantitative estimate of drug-likeness (QED) is 0.0836. The number of phenols is 1. The fourth-order valence-electron chi connectivity index (χ4n) is 6.11. The highest BCUT2D eigenvalue weighted by atomic mass is 16.5. The summed E-state index contributed by atoms with van der Waals surface area (Å²) in [6, 6.07) is 22.9. The van der Waals surface area contributed by atoms with Crippen molar-refractivity contribution in [3.8, 4) is 11.5 Å². The van der Waals surface area contributed by atoms with Crippen molar-refractivity contribution in [3.63, 3.8) is 0 Å². The second-order valence-corrected chi connectivity index (χ2v) is 12.6. The molecule has 1 saturated carbocycles. The molecule has 14 nitrogen and oxygen atoms in total. The highest BCUT2D eigenvalue weighted by Gasteiger charge is 2.40. The van der Waals surface area contributed by atoms with Crippen molar-refractivity contribution in [3.05, 3.63) is 135 Å². The molecule has 52 heavy (non-hydrogen) atoms. The number of aromatic hydroxyl groups is 1. The Balaban J connectivity index is 0.918. The van der Waals surface area contributed by atoms with Crippen LogP contribution in [0.15, 0.2) is 102 Å². The van der Waals surface area contributed by atoms with Gasteiger partial charge in [0.1, 0.15) is 17.2 Å². The summed E-state index contributed by atoms with van der Waals surface area (Å²) in [5.41, 5.74) is -0.564. The summed E-state index contributed by atoms with van der Waals surface area (Å²) >= 11 is 0. The van der Waals surface area contributed by atoms with Crippen LogP contribution < -0.4 is 26.2 Å². The molecular weight excluding hydrogens is 670 g/mol. The molecule has 6 rings (SSSR count). The van der Waals surface area contributed by atoms with E-state index in [1.54, 1.807) is 54.7 Å². The number of nitrogens with zero attached hydrogens (tertiary/aromatic N) is 1.